The molecule has 10 heteroatoms. The number of alkyl halides is 2. The zero-order chi connectivity index (χ0) is 22.2. The lowest BCUT2D eigenvalue weighted by Gasteiger charge is -2.39. The van der Waals surface area contributed by atoms with Crippen molar-refractivity contribution in [1.29, 1.82) is 0 Å². The molecule has 0 spiro atoms. The Labute approximate surface area is 177 Å². The monoisotopic (exact) mass is 431 g/mol. The van der Waals surface area contributed by atoms with Gasteiger partial charge in [-0.1, -0.05) is 30.3 Å². The fraction of sp³-hybridized carbons (Fsp3) is 0.429. The van der Waals surface area contributed by atoms with Gasteiger partial charge in [-0.25, -0.2) is 18.7 Å². The molecular weight excluding hydrogens is 408 g/mol. The predicted molar refractivity (Wildman–Crippen MR) is 108 cm³/mol. The molecule has 2 aromatic rings. The van der Waals surface area contributed by atoms with Crippen LogP contribution >= 0.6 is 0 Å². The first kappa shape index (κ1) is 21.0. The molecule has 1 aliphatic carbocycles. The van der Waals surface area contributed by atoms with Gasteiger partial charge in [0.05, 0.1) is 25.9 Å². The number of anilines is 1. The number of halogens is 2. The van der Waals surface area contributed by atoms with E-state index in [1.54, 1.807) is 30.3 Å². The van der Waals surface area contributed by atoms with Crippen LogP contribution in [0.5, 0.6) is 5.88 Å². The molecule has 1 aliphatic heterocycles. The van der Waals surface area contributed by atoms with E-state index in [1.807, 2.05) is 0 Å². The Bertz CT molecular complexity index is 992. The first-order valence-electron chi connectivity index (χ1n) is 9.98. The molecule has 1 aromatic carbocycles. The van der Waals surface area contributed by atoms with E-state index in [2.05, 4.69) is 15.3 Å². The van der Waals surface area contributed by atoms with Crippen molar-refractivity contribution in [1.82, 2.24) is 15.3 Å². The Kier molecular flexibility index (Phi) is 5.24. The number of carbonyl (C=O) groups is 2. The number of nitrogens with zero attached hydrogens (tertiary/aromatic N) is 3. The predicted octanol–water partition coefficient (Wildman–Crippen LogP) is 1.85. The summed E-state index contributed by atoms with van der Waals surface area (Å²) < 4.78 is 32.3. The molecule has 31 heavy (non-hydrogen) atoms. The van der Waals surface area contributed by atoms with Crippen LogP contribution in [0.4, 0.5) is 14.6 Å². The lowest BCUT2D eigenvalue weighted by atomic mass is 9.91. The van der Waals surface area contributed by atoms with Crippen molar-refractivity contribution in [2.45, 2.75) is 31.2 Å². The van der Waals surface area contributed by atoms with Crippen molar-refractivity contribution in [2.24, 2.45) is 11.7 Å². The number of hydrogen-bond acceptors (Lipinski definition) is 6. The molecule has 1 aromatic heterocycles. The van der Waals surface area contributed by atoms with Crippen molar-refractivity contribution in [3.05, 3.63) is 47.8 Å². The number of amides is 2. The van der Waals surface area contributed by atoms with Gasteiger partial charge in [0.2, 0.25) is 5.91 Å². The zero-order valence-electron chi connectivity index (χ0n) is 17.0. The van der Waals surface area contributed by atoms with Gasteiger partial charge in [0.25, 0.3) is 17.7 Å². The minimum absolute atomic E-state index is 0.0236. The van der Waals surface area contributed by atoms with Gasteiger partial charge in [-0.05, 0) is 31.2 Å². The molecule has 0 bridgehead atoms. The third-order valence-electron chi connectivity index (χ3n) is 5.46. The SMILES string of the molecule is CC(NC(=O)c1cnc(N2CC(F)(F)C2)c(OCC2CC2)n1)(C(N)=O)c1ccccc1. The number of primary amides is 1. The van der Waals surface area contributed by atoms with Gasteiger partial charge in [0.15, 0.2) is 11.5 Å². The Morgan fingerprint density at radius 3 is 2.55 bits per heavy atom. The summed E-state index contributed by atoms with van der Waals surface area (Å²) in [7, 11) is 0. The van der Waals surface area contributed by atoms with Gasteiger partial charge in [-0.15, -0.1) is 0 Å². The maximum atomic E-state index is 13.3. The number of carbonyl (C=O) groups excluding carboxylic acids is 2. The summed E-state index contributed by atoms with van der Waals surface area (Å²) in [6, 6.07) is 8.58. The molecule has 0 radical (unpaired) electrons. The minimum atomic E-state index is -2.79. The van der Waals surface area contributed by atoms with Gasteiger partial charge >= 0.3 is 0 Å². The van der Waals surface area contributed by atoms with Crippen LogP contribution in [0.2, 0.25) is 0 Å². The summed E-state index contributed by atoms with van der Waals surface area (Å²) in [5.41, 5.74) is 4.49. The van der Waals surface area contributed by atoms with Crippen LogP contribution < -0.4 is 20.7 Å². The van der Waals surface area contributed by atoms with E-state index < -0.39 is 36.4 Å². The van der Waals surface area contributed by atoms with Gasteiger partial charge in [0.1, 0.15) is 5.54 Å². The summed E-state index contributed by atoms with van der Waals surface area (Å²) in [6.45, 7) is 0.901. The number of benzene rings is 1. The van der Waals surface area contributed by atoms with Gasteiger partial charge in [-0.3, -0.25) is 9.59 Å². The van der Waals surface area contributed by atoms with E-state index in [0.717, 1.165) is 12.8 Å². The summed E-state index contributed by atoms with van der Waals surface area (Å²) in [6.07, 6.45) is 3.23. The summed E-state index contributed by atoms with van der Waals surface area (Å²) in [4.78, 5) is 34.8. The number of ether oxygens (including phenoxy) is 1. The van der Waals surface area contributed by atoms with E-state index in [1.165, 1.54) is 18.0 Å². The molecule has 4 rings (SSSR count). The van der Waals surface area contributed by atoms with Crippen molar-refractivity contribution in [3.63, 3.8) is 0 Å². The molecule has 1 saturated heterocycles. The Hall–Kier alpha value is -3.30. The quantitative estimate of drug-likeness (QED) is 0.660. The van der Waals surface area contributed by atoms with E-state index in [9.17, 15) is 18.4 Å². The zero-order valence-corrected chi connectivity index (χ0v) is 17.0. The third-order valence-corrected chi connectivity index (χ3v) is 5.46. The van der Waals surface area contributed by atoms with Crippen molar-refractivity contribution < 1.29 is 23.1 Å². The molecular formula is C21H23F2N5O3. The Morgan fingerprint density at radius 2 is 1.97 bits per heavy atom. The van der Waals surface area contributed by atoms with Gasteiger partial charge in [0, 0.05) is 0 Å². The van der Waals surface area contributed by atoms with Crippen LogP contribution in [-0.4, -0.2) is 47.4 Å². The van der Waals surface area contributed by atoms with E-state index in [4.69, 9.17) is 10.5 Å². The summed E-state index contributed by atoms with van der Waals surface area (Å²) >= 11 is 0. The van der Waals surface area contributed by atoms with Crippen LogP contribution in [0.3, 0.4) is 0 Å². The summed E-state index contributed by atoms with van der Waals surface area (Å²) in [5, 5.41) is 2.61. The molecule has 1 unspecified atom stereocenters. The highest BCUT2D eigenvalue weighted by Crippen LogP contribution is 2.36. The van der Waals surface area contributed by atoms with E-state index in [0.29, 0.717) is 18.1 Å². The second-order valence-electron chi connectivity index (χ2n) is 8.16. The maximum Gasteiger partial charge on any atom is 0.282 e. The highest BCUT2D eigenvalue weighted by Gasteiger charge is 2.46. The number of nitrogens with two attached hydrogens (primary N) is 1. The average Bonchev–Trinajstić information content (AvgIpc) is 3.55. The topological polar surface area (TPSA) is 110 Å². The average molecular weight is 431 g/mol. The Morgan fingerprint density at radius 1 is 1.29 bits per heavy atom. The van der Waals surface area contributed by atoms with Crippen LogP contribution in [-0.2, 0) is 10.3 Å². The summed E-state index contributed by atoms with van der Waals surface area (Å²) in [5.74, 6) is -3.63. The Balaban J connectivity index is 1.58. The third kappa shape index (κ3) is 4.42. The number of aromatic nitrogens is 2. The standard InChI is InChI=1S/C21H23F2N5O3/c1-20(19(24)30,14-5-3-2-4-6-14)27-17(29)15-9-25-16(28-11-21(22,23)12-28)18(26-15)31-10-13-7-8-13/h2-6,9,13H,7-8,10-12H2,1H3,(H2,24,30)(H,27,29). The van der Waals surface area contributed by atoms with E-state index >= 15 is 0 Å². The minimum Gasteiger partial charge on any atom is -0.475 e. The lowest BCUT2D eigenvalue weighted by molar-refractivity contribution is -0.123. The molecule has 164 valence electrons. The first-order valence-corrected chi connectivity index (χ1v) is 9.98. The highest BCUT2D eigenvalue weighted by molar-refractivity contribution is 5.98. The number of rotatable bonds is 8. The molecule has 3 N–H and O–H groups in total. The van der Waals surface area contributed by atoms with Crippen LogP contribution in [0.15, 0.2) is 36.5 Å². The van der Waals surface area contributed by atoms with Gasteiger partial charge in [-0.2, -0.15) is 0 Å². The molecule has 1 atom stereocenters. The van der Waals surface area contributed by atoms with Crippen molar-refractivity contribution in [3.8, 4) is 5.88 Å². The normalized spacial score (nSPS) is 19.1. The number of hydrogen-bond donors (Lipinski definition) is 2. The number of nitrogens with one attached hydrogen (secondary N) is 1. The molecule has 8 nitrogen and oxygen atoms in total. The fourth-order valence-corrected chi connectivity index (χ4v) is 3.27. The maximum absolute atomic E-state index is 13.3. The van der Waals surface area contributed by atoms with E-state index in [-0.39, 0.29) is 17.4 Å². The van der Waals surface area contributed by atoms with Crippen LogP contribution in [0.25, 0.3) is 0 Å². The first-order chi connectivity index (χ1) is 14.7. The largest absolute Gasteiger partial charge is 0.475 e. The van der Waals surface area contributed by atoms with Crippen molar-refractivity contribution in [2.75, 3.05) is 24.6 Å². The van der Waals surface area contributed by atoms with Crippen molar-refractivity contribution >= 4 is 17.6 Å². The second kappa shape index (κ2) is 7.75. The molecule has 2 aliphatic rings. The molecule has 1 saturated carbocycles. The molecule has 2 fully saturated rings. The highest BCUT2D eigenvalue weighted by atomic mass is 19.3. The fourth-order valence-electron chi connectivity index (χ4n) is 3.27. The van der Waals surface area contributed by atoms with Gasteiger partial charge < -0.3 is 20.7 Å². The van der Waals surface area contributed by atoms with Crippen LogP contribution in [0, 0.1) is 5.92 Å². The lowest BCUT2D eigenvalue weighted by Crippen LogP contribution is -2.57. The van der Waals surface area contributed by atoms with Crippen LogP contribution in [0.1, 0.15) is 35.8 Å². The molecule has 2 heterocycles. The molecule has 2 amide bonds. The second-order valence-corrected chi connectivity index (χ2v) is 8.16. The smallest absolute Gasteiger partial charge is 0.282 e.